The summed E-state index contributed by atoms with van der Waals surface area (Å²) in [5, 5.41) is 0. The Kier molecular flexibility index (Phi) is 3.32. The van der Waals surface area contributed by atoms with E-state index in [1.54, 1.807) is 0 Å². The molecule has 2 N–H and O–H groups in total. The van der Waals surface area contributed by atoms with Gasteiger partial charge in [0.25, 0.3) is 0 Å². The molecule has 0 saturated heterocycles. The average Bonchev–Trinajstić information content (AvgIpc) is 2.41. The summed E-state index contributed by atoms with van der Waals surface area (Å²) in [6.45, 7) is 1.95. The molecular formula is C16H20F3NO. The van der Waals surface area contributed by atoms with Gasteiger partial charge in [0, 0.05) is 11.5 Å². The number of hydrogen-bond acceptors (Lipinski definition) is 2. The fraction of sp³-hybridized carbons (Fsp3) is 0.688. The van der Waals surface area contributed by atoms with E-state index in [-0.39, 0.29) is 11.8 Å². The summed E-state index contributed by atoms with van der Waals surface area (Å²) in [4.78, 5) is 11.6. The monoisotopic (exact) mass is 299 g/mol. The molecule has 3 aliphatic rings. The van der Waals surface area contributed by atoms with Gasteiger partial charge in [-0.25, -0.2) is 0 Å². The zero-order valence-electron chi connectivity index (χ0n) is 12.0. The van der Waals surface area contributed by atoms with Crippen molar-refractivity contribution in [3.63, 3.8) is 0 Å². The summed E-state index contributed by atoms with van der Waals surface area (Å²) in [6, 6.07) is 0. The number of allylic oxidation sites excluding steroid dienone is 2. The van der Waals surface area contributed by atoms with Crippen LogP contribution in [0.15, 0.2) is 23.3 Å². The molecule has 2 nitrogen and oxygen atoms in total. The van der Waals surface area contributed by atoms with Crippen molar-refractivity contribution in [1.82, 2.24) is 0 Å². The van der Waals surface area contributed by atoms with E-state index in [2.05, 4.69) is 6.08 Å². The molecule has 1 saturated carbocycles. The molecule has 0 heterocycles. The van der Waals surface area contributed by atoms with Crippen molar-refractivity contribution in [2.75, 3.05) is 0 Å². The van der Waals surface area contributed by atoms with Gasteiger partial charge in [0.15, 0.2) is 0 Å². The first kappa shape index (κ1) is 14.8. The van der Waals surface area contributed by atoms with Crippen molar-refractivity contribution in [3.8, 4) is 0 Å². The highest BCUT2D eigenvalue weighted by atomic mass is 19.4. The Labute approximate surface area is 122 Å². The largest absolute Gasteiger partial charge is 0.450 e. The van der Waals surface area contributed by atoms with E-state index in [1.165, 1.54) is 0 Å². The zero-order valence-corrected chi connectivity index (χ0v) is 12.0. The van der Waals surface area contributed by atoms with E-state index in [0.29, 0.717) is 19.3 Å². The quantitative estimate of drug-likeness (QED) is 0.805. The molecule has 21 heavy (non-hydrogen) atoms. The van der Waals surface area contributed by atoms with E-state index in [0.717, 1.165) is 24.0 Å². The lowest BCUT2D eigenvalue weighted by molar-refractivity contribution is -0.177. The zero-order chi connectivity index (χ0) is 15.4. The van der Waals surface area contributed by atoms with Crippen LogP contribution in [0.5, 0.6) is 0 Å². The summed E-state index contributed by atoms with van der Waals surface area (Å²) >= 11 is 0. The van der Waals surface area contributed by atoms with Gasteiger partial charge in [-0.1, -0.05) is 17.7 Å². The molecule has 0 aliphatic heterocycles. The number of hydrogen-bond donors (Lipinski definition) is 1. The summed E-state index contributed by atoms with van der Waals surface area (Å²) in [6.07, 6.45) is 2.43. The molecule has 4 bridgehead atoms. The van der Waals surface area contributed by atoms with Gasteiger partial charge >= 0.3 is 6.18 Å². The molecule has 116 valence electrons. The van der Waals surface area contributed by atoms with Crippen LogP contribution in [0.1, 0.15) is 39.0 Å². The summed E-state index contributed by atoms with van der Waals surface area (Å²) in [5.41, 5.74) is 8.08. The fourth-order valence-corrected chi connectivity index (χ4v) is 4.31. The van der Waals surface area contributed by atoms with Crippen LogP contribution in [0.3, 0.4) is 0 Å². The van der Waals surface area contributed by atoms with Crippen LogP contribution in [0.4, 0.5) is 13.2 Å². The minimum absolute atomic E-state index is 0.0779. The number of fused-ring (bicyclic) bond motifs is 4. The Morgan fingerprint density at radius 1 is 1.33 bits per heavy atom. The molecule has 0 aromatic carbocycles. The molecule has 0 amide bonds. The maximum atomic E-state index is 12.7. The number of ketones is 1. The van der Waals surface area contributed by atoms with Gasteiger partial charge in [0.05, 0.1) is 0 Å². The van der Waals surface area contributed by atoms with Crippen LogP contribution in [0, 0.1) is 17.8 Å². The van der Waals surface area contributed by atoms with Gasteiger partial charge in [-0.15, -0.1) is 0 Å². The Bertz CT molecular complexity index is 530. The van der Waals surface area contributed by atoms with Gasteiger partial charge in [0.1, 0.15) is 0 Å². The first-order chi connectivity index (χ1) is 9.64. The normalized spacial score (nSPS) is 39.2. The van der Waals surface area contributed by atoms with Crippen molar-refractivity contribution in [3.05, 3.63) is 23.3 Å². The predicted octanol–water partition coefficient (Wildman–Crippen LogP) is 3.53. The van der Waals surface area contributed by atoms with Gasteiger partial charge < -0.3 is 5.73 Å². The Morgan fingerprint density at radius 2 is 2.05 bits per heavy atom. The highest BCUT2D eigenvalue weighted by Crippen LogP contribution is 2.48. The van der Waals surface area contributed by atoms with E-state index in [4.69, 9.17) is 5.73 Å². The molecule has 0 spiro atoms. The minimum atomic E-state index is -4.71. The first-order valence-electron chi connectivity index (χ1n) is 7.46. The van der Waals surface area contributed by atoms with E-state index >= 15 is 0 Å². The maximum absolute atomic E-state index is 12.7. The molecule has 4 atom stereocenters. The second-order valence-corrected chi connectivity index (χ2v) is 7.15. The van der Waals surface area contributed by atoms with Crippen molar-refractivity contribution < 1.29 is 18.0 Å². The molecule has 0 aromatic heterocycles. The molecule has 0 radical (unpaired) electrons. The van der Waals surface area contributed by atoms with Gasteiger partial charge in [-0.2, -0.15) is 13.2 Å². The van der Waals surface area contributed by atoms with Gasteiger partial charge in [0.2, 0.25) is 5.78 Å². The lowest BCUT2D eigenvalue weighted by atomic mass is 9.70. The summed E-state index contributed by atoms with van der Waals surface area (Å²) < 4.78 is 38.1. The summed E-state index contributed by atoms with van der Waals surface area (Å²) in [5.74, 6) is -2.18. The number of nitrogens with two attached hydrogens (primary N) is 1. The SMILES string of the molecule is CC1(N)C=C2C=C(C1)C1CC(C2)CC(C(=O)C(F)(F)F)C1. The number of carbonyl (C=O) groups is 1. The summed E-state index contributed by atoms with van der Waals surface area (Å²) in [7, 11) is 0. The van der Waals surface area contributed by atoms with Crippen LogP contribution < -0.4 is 5.73 Å². The molecule has 0 aromatic rings. The van der Waals surface area contributed by atoms with Gasteiger partial charge in [-0.3, -0.25) is 4.79 Å². The van der Waals surface area contributed by atoms with Crippen molar-refractivity contribution >= 4 is 5.78 Å². The first-order valence-corrected chi connectivity index (χ1v) is 7.46. The molecule has 5 heteroatoms. The highest BCUT2D eigenvalue weighted by molar-refractivity contribution is 5.86. The third kappa shape index (κ3) is 2.93. The van der Waals surface area contributed by atoms with Crippen molar-refractivity contribution in [2.45, 2.75) is 50.7 Å². The van der Waals surface area contributed by atoms with Crippen LogP contribution in [0.2, 0.25) is 0 Å². The lowest BCUT2D eigenvalue weighted by Crippen LogP contribution is -2.38. The molecule has 3 aliphatic carbocycles. The van der Waals surface area contributed by atoms with Crippen molar-refractivity contribution in [2.24, 2.45) is 23.5 Å². The maximum Gasteiger partial charge on any atom is 0.450 e. The predicted molar refractivity (Wildman–Crippen MR) is 73.4 cm³/mol. The smallest absolute Gasteiger partial charge is 0.322 e. The Balaban J connectivity index is 1.86. The Hall–Kier alpha value is -1.10. The molecule has 1 fully saturated rings. The fourth-order valence-electron chi connectivity index (χ4n) is 4.31. The number of halogens is 3. The van der Waals surface area contributed by atoms with Crippen molar-refractivity contribution in [1.29, 1.82) is 0 Å². The van der Waals surface area contributed by atoms with Crippen LogP contribution in [0.25, 0.3) is 0 Å². The number of alkyl halides is 3. The molecule has 4 unspecified atom stereocenters. The second kappa shape index (κ2) is 4.70. The highest BCUT2D eigenvalue weighted by Gasteiger charge is 2.47. The second-order valence-electron chi connectivity index (χ2n) is 7.15. The van der Waals surface area contributed by atoms with Gasteiger partial charge in [-0.05, 0) is 56.4 Å². The number of rotatable bonds is 1. The number of Topliss-reactive ketones (excluding diaryl/α,β-unsaturated/α-hetero) is 1. The van der Waals surface area contributed by atoms with Crippen LogP contribution >= 0.6 is 0 Å². The average molecular weight is 299 g/mol. The minimum Gasteiger partial charge on any atom is -0.322 e. The van der Waals surface area contributed by atoms with E-state index in [9.17, 15) is 18.0 Å². The van der Waals surface area contributed by atoms with Crippen LogP contribution in [-0.4, -0.2) is 17.5 Å². The Morgan fingerprint density at radius 3 is 2.71 bits per heavy atom. The van der Waals surface area contributed by atoms with Crippen LogP contribution in [-0.2, 0) is 4.79 Å². The van der Waals surface area contributed by atoms with E-state index < -0.39 is 23.4 Å². The third-order valence-electron chi connectivity index (χ3n) is 4.97. The lowest BCUT2D eigenvalue weighted by Gasteiger charge is -2.35. The topological polar surface area (TPSA) is 43.1 Å². The standard InChI is InChI=1S/C16H20F3NO/c1-15(20)7-10-2-9-3-11(13(5-10)8-15)6-12(4-9)14(21)16(17,18)19/h5,7,9,11-12H,2-4,6,8,20H2,1H3. The number of carbonyl (C=O) groups excluding carboxylic acids is 1. The third-order valence-corrected chi connectivity index (χ3v) is 4.97. The molecular weight excluding hydrogens is 279 g/mol. The molecule has 3 rings (SSSR count). The van der Waals surface area contributed by atoms with E-state index in [1.807, 2.05) is 13.0 Å².